The van der Waals surface area contributed by atoms with Gasteiger partial charge in [0, 0.05) is 25.4 Å². The van der Waals surface area contributed by atoms with Crippen molar-refractivity contribution in [3.05, 3.63) is 24.4 Å². The van der Waals surface area contributed by atoms with E-state index in [1.165, 1.54) is 0 Å². The van der Waals surface area contributed by atoms with Gasteiger partial charge in [-0.2, -0.15) is 5.10 Å². The summed E-state index contributed by atoms with van der Waals surface area (Å²) in [6.45, 7) is 0.955. The van der Waals surface area contributed by atoms with Gasteiger partial charge in [0.05, 0.1) is 0 Å². The van der Waals surface area contributed by atoms with E-state index in [-0.39, 0.29) is 0 Å². The van der Waals surface area contributed by atoms with Crippen LogP contribution in [-0.4, -0.2) is 17.7 Å². The van der Waals surface area contributed by atoms with Crippen LogP contribution in [0.25, 0.3) is 0 Å². The first kappa shape index (κ1) is 6.34. The Labute approximate surface area is 65.4 Å². The number of aromatic nitrogens is 1. The first-order valence-corrected chi connectivity index (χ1v) is 3.68. The van der Waals surface area contributed by atoms with Crippen LogP contribution in [-0.2, 0) is 0 Å². The Kier molecular flexibility index (Phi) is 1.55. The molecule has 0 aromatic carbocycles. The van der Waals surface area contributed by atoms with Crippen molar-refractivity contribution >= 4 is 12.0 Å². The summed E-state index contributed by atoms with van der Waals surface area (Å²) in [7, 11) is 0. The molecule has 0 saturated carbocycles. The summed E-state index contributed by atoms with van der Waals surface area (Å²) in [5, 5.41) is 6.05. The van der Waals surface area contributed by atoms with Crippen molar-refractivity contribution in [3.8, 4) is 0 Å². The minimum Gasteiger partial charge on any atom is -0.248 e. The molecule has 2 rings (SSSR count). The molecule has 1 aromatic rings. The van der Waals surface area contributed by atoms with Gasteiger partial charge in [-0.25, -0.2) is 9.99 Å². The van der Waals surface area contributed by atoms with Crippen molar-refractivity contribution in [2.24, 2.45) is 5.10 Å². The van der Waals surface area contributed by atoms with E-state index in [0.717, 1.165) is 18.8 Å². The largest absolute Gasteiger partial charge is 0.248 e. The minimum atomic E-state index is 0.932. The van der Waals surface area contributed by atoms with Gasteiger partial charge in [-0.3, -0.25) is 0 Å². The predicted octanol–water partition coefficient (Wildman–Crippen LogP) is 1.28. The normalized spacial score (nSPS) is 15.8. The molecule has 3 heteroatoms. The van der Waals surface area contributed by atoms with Crippen molar-refractivity contribution < 1.29 is 0 Å². The van der Waals surface area contributed by atoms with Gasteiger partial charge in [-0.15, -0.1) is 0 Å². The molecular formula is C8H9N3. The molecule has 0 aliphatic carbocycles. The van der Waals surface area contributed by atoms with E-state index in [1.54, 1.807) is 6.20 Å². The van der Waals surface area contributed by atoms with E-state index in [1.807, 2.05) is 29.4 Å². The molecule has 3 nitrogen and oxygen atoms in total. The Hall–Kier alpha value is -1.38. The van der Waals surface area contributed by atoms with Gasteiger partial charge in [-0.05, 0) is 12.1 Å². The van der Waals surface area contributed by atoms with E-state index in [4.69, 9.17) is 0 Å². The fourth-order valence-electron chi connectivity index (χ4n) is 1.07. The summed E-state index contributed by atoms with van der Waals surface area (Å²) in [6.07, 6.45) is 4.72. The third kappa shape index (κ3) is 1.22. The fraction of sp³-hybridized carbons (Fsp3) is 0.250. The second-order valence-electron chi connectivity index (χ2n) is 2.40. The highest BCUT2D eigenvalue weighted by Crippen LogP contribution is 2.12. The Morgan fingerprint density at radius 1 is 1.36 bits per heavy atom. The Bertz CT molecular complexity index is 255. The first-order valence-electron chi connectivity index (χ1n) is 3.68. The second kappa shape index (κ2) is 2.70. The maximum atomic E-state index is 4.17. The summed E-state index contributed by atoms with van der Waals surface area (Å²) in [6, 6.07) is 5.84. The van der Waals surface area contributed by atoms with Gasteiger partial charge in [0.2, 0.25) is 0 Å². The topological polar surface area (TPSA) is 28.5 Å². The van der Waals surface area contributed by atoms with Crippen LogP contribution in [0, 0.1) is 0 Å². The van der Waals surface area contributed by atoms with E-state index >= 15 is 0 Å². The second-order valence-corrected chi connectivity index (χ2v) is 2.40. The van der Waals surface area contributed by atoms with Crippen LogP contribution in [0.4, 0.5) is 5.82 Å². The molecule has 0 spiro atoms. The molecule has 1 aromatic heterocycles. The highest BCUT2D eigenvalue weighted by atomic mass is 15.5. The molecule has 0 unspecified atom stereocenters. The van der Waals surface area contributed by atoms with Crippen molar-refractivity contribution in [2.45, 2.75) is 6.42 Å². The Balaban J connectivity index is 2.23. The van der Waals surface area contributed by atoms with Crippen LogP contribution in [0.15, 0.2) is 29.5 Å². The van der Waals surface area contributed by atoms with E-state index in [0.29, 0.717) is 0 Å². The Morgan fingerprint density at radius 3 is 3.00 bits per heavy atom. The third-order valence-electron chi connectivity index (χ3n) is 1.60. The number of hydrazone groups is 1. The third-order valence-corrected chi connectivity index (χ3v) is 1.60. The fourth-order valence-corrected chi connectivity index (χ4v) is 1.07. The summed E-state index contributed by atoms with van der Waals surface area (Å²) in [5.41, 5.74) is 0. The van der Waals surface area contributed by atoms with Crippen LogP contribution >= 0.6 is 0 Å². The summed E-state index contributed by atoms with van der Waals surface area (Å²) >= 11 is 0. The lowest BCUT2D eigenvalue weighted by Crippen LogP contribution is -2.12. The van der Waals surface area contributed by atoms with Crippen molar-refractivity contribution in [3.63, 3.8) is 0 Å². The lowest BCUT2D eigenvalue weighted by atomic mass is 10.4. The monoisotopic (exact) mass is 147 g/mol. The van der Waals surface area contributed by atoms with Crippen molar-refractivity contribution in [1.82, 2.24) is 4.98 Å². The molecule has 11 heavy (non-hydrogen) atoms. The first-order chi connectivity index (χ1) is 5.47. The Morgan fingerprint density at radius 2 is 2.36 bits per heavy atom. The van der Waals surface area contributed by atoms with Crippen LogP contribution in [0.3, 0.4) is 0 Å². The molecule has 0 atom stereocenters. The maximum absolute atomic E-state index is 4.17. The highest BCUT2D eigenvalue weighted by molar-refractivity contribution is 5.63. The van der Waals surface area contributed by atoms with Gasteiger partial charge < -0.3 is 0 Å². The van der Waals surface area contributed by atoms with E-state index in [2.05, 4.69) is 10.1 Å². The summed E-state index contributed by atoms with van der Waals surface area (Å²) < 4.78 is 0. The zero-order valence-corrected chi connectivity index (χ0v) is 6.14. The van der Waals surface area contributed by atoms with Gasteiger partial charge in [0.25, 0.3) is 0 Å². The van der Waals surface area contributed by atoms with E-state index < -0.39 is 0 Å². The number of anilines is 1. The molecule has 0 fully saturated rings. The standard InChI is InChI=1S/C8H9N3/c1-2-5-9-8(4-1)11-7-3-6-10-11/h1-2,4-6H,3,7H2. The zero-order valence-electron chi connectivity index (χ0n) is 6.14. The number of hydrogen-bond donors (Lipinski definition) is 0. The van der Waals surface area contributed by atoms with Crippen LogP contribution in [0.1, 0.15) is 6.42 Å². The molecule has 1 aliphatic heterocycles. The molecule has 0 amide bonds. The lowest BCUT2D eigenvalue weighted by molar-refractivity contribution is 0.896. The number of nitrogens with zero attached hydrogens (tertiary/aromatic N) is 3. The SMILES string of the molecule is C1=NN(c2ccccn2)CC1. The smallest absolute Gasteiger partial charge is 0.148 e. The van der Waals surface area contributed by atoms with Crippen molar-refractivity contribution in [1.29, 1.82) is 0 Å². The molecular weight excluding hydrogens is 138 g/mol. The van der Waals surface area contributed by atoms with Gasteiger partial charge in [0.15, 0.2) is 0 Å². The quantitative estimate of drug-likeness (QED) is 0.598. The van der Waals surface area contributed by atoms with Crippen molar-refractivity contribution in [2.75, 3.05) is 11.6 Å². The zero-order chi connectivity index (χ0) is 7.52. The maximum Gasteiger partial charge on any atom is 0.148 e. The molecule has 0 radical (unpaired) electrons. The molecule has 56 valence electrons. The van der Waals surface area contributed by atoms with E-state index in [9.17, 15) is 0 Å². The molecule has 0 saturated heterocycles. The van der Waals surface area contributed by atoms with Gasteiger partial charge in [-0.1, -0.05) is 6.07 Å². The molecule has 0 bridgehead atoms. The molecule has 2 heterocycles. The number of pyridine rings is 1. The molecule has 0 N–H and O–H groups in total. The minimum absolute atomic E-state index is 0.932. The number of hydrogen-bond acceptors (Lipinski definition) is 3. The van der Waals surface area contributed by atoms with Crippen LogP contribution in [0.5, 0.6) is 0 Å². The van der Waals surface area contributed by atoms with Crippen LogP contribution < -0.4 is 5.01 Å². The van der Waals surface area contributed by atoms with Gasteiger partial charge in [0.1, 0.15) is 5.82 Å². The predicted molar refractivity (Wildman–Crippen MR) is 44.7 cm³/mol. The lowest BCUT2D eigenvalue weighted by Gasteiger charge is -2.10. The van der Waals surface area contributed by atoms with Crippen LogP contribution in [0.2, 0.25) is 0 Å². The molecule has 1 aliphatic rings. The van der Waals surface area contributed by atoms with Gasteiger partial charge >= 0.3 is 0 Å². The average Bonchev–Trinajstić information content (AvgIpc) is 2.58. The average molecular weight is 147 g/mol. The number of rotatable bonds is 1. The summed E-state index contributed by atoms with van der Waals surface area (Å²) in [5.74, 6) is 0.932. The summed E-state index contributed by atoms with van der Waals surface area (Å²) in [4.78, 5) is 4.17. The highest BCUT2D eigenvalue weighted by Gasteiger charge is 2.07.